The molecule has 0 rings (SSSR count). The van der Waals surface area contributed by atoms with Crippen molar-refractivity contribution in [3.05, 3.63) is 30.0 Å². The molecule has 0 saturated carbocycles. The lowest BCUT2D eigenvalue weighted by Crippen LogP contribution is -1.91. The molecule has 0 amide bonds. The van der Waals surface area contributed by atoms with Gasteiger partial charge < -0.3 is 4.74 Å². The Labute approximate surface area is 137 Å². The molecule has 0 heterocycles. The highest BCUT2D eigenvalue weighted by Crippen LogP contribution is 2.08. The first-order chi connectivity index (χ1) is 10.4. The maximum Gasteiger partial charge on any atom is 0.0721 e. The Morgan fingerprint density at radius 2 is 1.57 bits per heavy atom. The maximum absolute atomic E-state index is 5.55. The quantitative estimate of drug-likeness (QED) is 0.146. The van der Waals surface area contributed by atoms with Crippen LogP contribution in [0.25, 0.3) is 0 Å². The van der Waals surface area contributed by atoms with E-state index in [-0.39, 0.29) is 0 Å². The van der Waals surface area contributed by atoms with Crippen molar-refractivity contribution in [2.75, 3.05) is 19.1 Å². The Kier molecular flexibility index (Phi) is 19.1. The Bertz CT molecular complexity index is 277. The SMILES string of the molecule is CCCCCCCCCC=CCCOCC=C=CCCCl. The van der Waals surface area contributed by atoms with E-state index in [1.54, 1.807) is 0 Å². The van der Waals surface area contributed by atoms with Crippen molar-refractivity contribution in [2.24, 2.45) is 0 Å². The fourth-order valence-corrected chi connectivity index (χ4v) is 2.13. The summed E-state index contributed by atoms with van der Waals surface area (Å²) in [6, 6.07) is 0. The van der Waals surface area contributed by atoms with Gasteiger partial charge in [-0.25, -0.2) is 0 Å². The van der Waals surface area contributed by atoms with E-state index in [1.807, 2.05) is 12.2 Å². The van der Waals surface area contributed by atoms with Gasteiger partial charge in [0.2, 0.25) is 0 Å². The van der Waals surface area contributed by atoms with Gasteiger partial charge in [0.05, 0.1) is 13.2 Å². The molecule has 0 N–H and O–H groups in total. The molecular formula is C19H33ClO. The van der Waals surface area contributed by atoms with E-state index in [2.05, 4.69) is 24.8 Å². The van der Waals surface area contributed by atoms with E-state index >= 15 is 0 Å². The lowest BCUT2D eigenvalue weighted by Gasteiger charge is -1.99. The second kappa shape index (κ2) is 19.5. The summed E-state index contributed by atoms with van der Waals surface area (Å²) in [6.07, 6.45) is 21.2. The number of hydrogen-bond donors (Lipinski definition) is 0. The van der Waals surface area contributed by atoms with Crippen molar-refractivity contribution in [1.29, 1.82) is 0 Å². The van der Waals surface area contributed by atoms with Crippen LogP contribution >= 0.6 is 11.6 Å². The minimum atomic E-state index is 0.643. The Morgan fingerprint density at radius 1 is 0.857 bits per heavy atom. The molecule has 1 nitrogen and oxygen atoms in total. The molecule has 0 aromatic heterocycles. The molecule has 0 aromatic carbocycles. The van der Waals surface area contributed by atoms with Gasteiger partial charge in [-0.1, -0.05) is 57.6 Å². The third kappa shape index (κ3) is 19.5. The molecule has 0 aliphatic heterocycles. The molecule has 0 atom stereocenters. The molecule has 0 spiro atoms. The minimum absolute atomic E-state index is 0.643. The van der Waals surface area contributed by atoms with Crippen LogP contribution in [0.2, 0.25) is 0 Å². The molecule has 0 saturated heterocycles. The van der Waals surface area contributed by atoms with E-state index < -0.39 is 0 Å². The van der Waals surface area contributed by atoms with Crippen LogP contribution in [0.4, 0.5) is 0 Å². The Balaban J connectivity index is 3.17. The van der Waals surface area contributed by atoms with Gasteiger partial charge in [-0.05, 0) is 37.8 Å². The Morgan fingerprint density at radius 3 is 2.33 bits per heavy atom. The summed E-state index contributed by atoms with van der Waals surface area (Å²) in [5, 5.41) is 0. The average Bonchev–Trinajstić information content (AvgIpc) is 2.50. The predicted molar refractivity (Wildman–Crippen MR) is 95.2 cm³/mol. The second-order valence-corrected chi connectivity index (χ2v) is 5.68. The summed E-state index contributed by atoms with van der Waals surface area (Å²) in [4.78, 5) is 0. The van der Waals surface area contributed by atoms with E-state index in [9.17, 15) is 0 Å². The average molecular weight is 313 g/mol. The molecule has 0 radical (unpaired) electrons. The number of hydrogen-bond acceptors (Lipinski definition) is 1. The summed E-state index contributed by atoms with van der Waals surface area (Å²) < 4.78 is 5.47. The zero-order valence-corrected chi connectivity index (χ0v) is 14.5. The van der Waals surface area contributed by atoms with Crippen molar-refractivity contribution in [3.63, 3.8) is 0 Å². The number of ether oxygens (including phenoxy) is 1. The minimum Gasteiger partial charge on any atom is -0.376 e. The molecule has 0 aliphatic rings. The van der Waals surface area contributed by atoms with Gasteiger partial charge in [0.25, 0.3) is 0 Å². The van der Waals surface area contributed by atoms with Gasteiger partial charge in [-0.2, -0.15) is 0 Å². The van der Waals surface area contributed by atoms with Crippen LogP contribution in [0.5, 0.6) is 0 Å². The zero-order chi connectivity index (χ0) is 15.4. The van der Waals surface area contributed by atoms with Crippen LogP contribution < -0.4 is 0 Å². The van der Waals surface area contributed by atoms with Crippen LogP contribution in [-0.4, -0.2) is 19.1 Å². The third-order valence-electron chi connectivity index (χ3n) is 3.26. The lowest BCUT2D eigenvalue weighted by molar-refractivity contribution is 0.167. The smallest absolute Gasteiger partial charge is 0.0721 e. The van der Waals surface area contributed by atoms with Crippen molar-refractivity contribution in [2.45, 2.75) is 71.1 Å². The monoisotopic (exact) mass is 312 g/mol. The molecule has 21 heavy (non-hydrogen) atoms. The number of halogens is 1. The van der Waals surface area contributed by atoms with Crippen LogP contribution in [-0.2, 0) is 4.74 Å². The summed E-state index contributed by atoms with van der Waals surface area (Å²) >= 11 is 5.55. The second-order valence-electron chi connectivity index (χ2n) is 5.30. The number of alkyl halides is 1. The van der Waals surface area contributed by atoms with Crippen molar-refractivity contribution >= 4 is 11.6 Å². The first kappa shape index (κ1) is 20.5. The Hall–Kier alpha value is -0.490. The van der Waals surface area contributed by atoms with Gasteiger partial charge in [0.1, 0.15) is 0 Å². The van der Waals surface area contributed by atoms with Crippen LogP contribution in [0, 0.1) is 0 Å². The highest BCUT2D eigenvalue weighted by molar-refractivity contribution is 6.17. The topological polar surface area (TPSA) is 9.23 Å². The summed E-state index contributed by atoms with van der Waals surface area (Å²) in [6.45, 7) is 3.70. The highest BCUT2D eigenvalue weighted by Gasteiger charge is 1.89. The van der Waals surface area contributed by atoms with Gasteiger partial charge in [-0.3, -0.25) is 0 Å². The van der Waals surface area contributed by atoms with E-state index in [1.165, 1.54) is 51.4 Å². The molecule has 2 heteroatoms. The number of rotatable bonds is 15. The molecule has 0 fully saturated rings. The van der Waals surface area contributed by atoms with Crippen LogP contribution in [0.1, 0.15) is 71.1 Å². The van der Waals surface area contributed by atoms with Crippen molar-refractivity contribution in [1.82, 2.24) is 0 Å². The van der Waals surface area contributed by atoms with E-state index in [0.717, 1.165) is 19.4 Å². The molecule has 0 bridgehead atoms. The summed E-state index contributed by atoms with van der Waals surface area (Å²) in [5.74, 6) is 0.658. The van der Waals surface area contributed by atoms with Gasteiger partial charge >= 0.3 is 0 Å². The molecule has 0 aromatic rings. The standard InChI is InChI=1S/C19H33ClO/c1-2-3-4-5-6-7-8-9-10-12-15-18-21-19-16-13-11-14-17-20/h10-12,16H,2-9,14-15,17-19H2,1H3. The van der Waals surface area contributed by atoms with Gasteiger partial charge in [0, 0.05) is 5.88 Å². The lowest BCUT2D eigenvalue weighted by atomic mass is 10.1. The normalized spacial score (nSPS) is 10.8. The molecular weight excluding hydrogens is 280 g/mol. The fraction of sp³-hybridized carbons (Fsp3) is 0.737. The van der Waals surface area contributed by atoms with Crippen molar-refractivity contribution < 1.29 is 4.74 Å². The van der Waals surface area contributed by atoms with E-state index in [4.69, 9.17) is 16.3 Å². The largest absolute Gasteiger partial charge is 0.376 e. The maximum atomic E-state index is 5.55. The highest BCUT2D eigenvalue weighted by atomic mass is 35.5. The van der Waals surface area contributed by atoms with E-state index in [0.29, 0.717) is 12.5 Å². The molecule has 0 aliphatic carbocycles. The first-order valence-corrected chi connectivity index (χ1v) is 9.13. The van der Waals surface area contributed by atoms with Gasteiger partial charge in [-0.15, -0.1) is 17.3 Å². The summed E-state index contributed by atoms with van der Waals surface area (Å²) in [5.41, 5.74) is 3.05. The van der Waals surface area contributed by atoms with Crippen LogP contribution in [0.3, 0.4) is 0 Å². The molecule has 0 unspecified atom stereocenters. The van der Waals surface area contributed by atoms with Crippen molar-refractivity contribution in [3.8, 4) is 0 Å². The number of allylic oxidation sites excluding steroid dienone is 1. The third-order valence-corrected chi connectivity index (χ3v) is 3.48. The number of unbranched alkanes of at least 4 members (excludes halogenated alkanes) is 7. The summed E-state index contributed by atoms with van der Waals surface area (Å²) in [7, 11) is 0. The fourth-order valence-electron chi connectivity index (χ4n) is 2.02. The molecule has 122 valence electrons. The van der Waals surface area contributed by atoms with Gasteiger partial charge in [0.15, 0.2) is 0 Å². The zero-order valence-electron chi connectivity index (χ0n) is 13.8. The van der Waals surface area contributed by atoms with Crippen LogP contribution in [0.15, 0.2) is 30.0 Å². The first-order valence-electron chi connectivity index (χ1n) is 8.60. The predicted octanol–water partition coefficient (Wildman–Crippen LogP) is 6.43.